The molecule has 2 aromatic rings. The molecule has 0 aliphatic carbocycles. The Bertz CT molecular complexity index is 553. The van der Waals surface area contributed by atoms with Crippen LogP contribution in [0, 0.1) is 0 Å². The van der Waals surface area contributed by atoms with Gasteiger partial charge in [0.1, 0.15) is 11.3 Å². The topological polar surface area (TPSA) is 92.2 Å². The van der Waals surface area contributed by atoms with Crippen LogP contribution in [-0.4, -0.2) is 27.0 Å². The normalized spacial score (nSPS) is 9.88. The van der Waals surface area contributed by atoms with Crippen molar-refractivity contribution in [3.63, 3.8) is 0 Å². The molecule has 0 saturated heterocycles. The van der Waals surface area contributed by atoms with Gasteiger partial charge in [-0.05, 0) is 11.4 Å². The summed E-state index contributed by atoms with van der Waals surface area (Å²) in [6, 6.07) is 1.43. The summed E-state index contributed by atoms with van der Waals surface area (Å²) in [5.41, 5.74) is 0.345. The molecule has 0 aromatic carbocycles. The number of carbonyl (C=O) groups excluding carboxylic acids is 1. The third-order valence-corrected chi connectivity index (χ3v) is 2.78. The van der Waals surface area contributed by atoms with Crippen molar-refractivity contribution in [2.45, 2.75) is 0 Å². The summed E-state index contributed by atoms with van der Waals surface area (Å²) in [6.45, 7) is 0. The highest BCUT2D eigenvalue weighted by Gasteiger charge is 2.14. The molecule has 0 aliphatic rings. The number of nitrogens with one attached hydrogen (secondary N) is 1. The smallest absolute Gasteiger partial charge is 0.338 e. The van der Waals surface area contributed by atoms with Crippen LogP contribution >= 0.6 is 11.3 Å². The van der Waals surface area contributed by atoms with Gasteiger partial charge in [0.05, 0.1) is 11.1 Å². The van der Waals surface area contributed by atoms with Crippen molar-refractivity contribution in [2.75, 3.05) is 5.32 Å². The highest BCUT2D eigenvalue weighted by molar-refractivity contribution is 7.14. The lowest BCUT2D eigenvalue weighted by Crippen LogP contribution is -2.13. The molecule has 0 unspecified atom stereocenters. The Morgan fingerprint density at radius 1 is 1.29 bits per heavy atom. The number of amides is 1. The van der Waals surface area contributed by atoms with Crippen LogP contribution in [0.25, 0.3) is 0 Å². The highest BCUT2D eigenvalue weighted by Crippen LogP contribution is 2.23. The first kappa shape index (κ1) is 11.2. The number of rotatable bonds is 3. The molecule has 17 heavy (non-hydrogen) atoms. The van der Waals surface area contributed by atoms with Gasteiger partial charge in [-0.1, -0.05) is 0 Å². The van der Waals surface area contributed by atoms with Gasteiger partial charge >= 0.3 is 5.97 Å². The van der Waals surface area contributed by atoms with Gasteiger partial charge in [-0.2, -0.15) is 0 Å². The molecule has 2 rings (SSSR count). The Kier molecular flexibility index (Phi) is 3.10. The molecule has 0 radical (unpaired) electrons. The van der Waals surface area contributed by atoms with Crippen LogP contribution in [0.4, 0.5) is 5.00 Å². The third-order valence-electron chi connectivity index (χ3n) is 1.95. The molecular weight excluding hydrogens is 242 g/mol. The maximum atomic E-state index is 11.7. The first-order valence-corrected chi connectivity index (χ1v) is 5.43. The number of aromatic carboxylic acids is 1. The molecule has 6 nitrogen and oxygen atoms in total. The van der Waals surface area contributed by atoms with Crippen molar-refractivity contribution in [3.8, 4) is 0 Å². The van der Waals surface area contributed by atoms with Crippen molar-refractivity contribution in [3.05, 3.63) is 41.3 Å². The van der Waals surface area contributed by atoms with Crippen molar-refractivity contribution in [2.24, 2.45) is 0 Å². The predicted octanol–water partition coefficient (Wildman–Crippen LogP) is 1.49. The van der Waals surface area contributed by atoms with Gasteiger partial charge in [0.15, 0.2) is 0 Å². The standard InChI is InChI=1S/C10H7N3O3S/c14-8(6-3-11-5-12-4-6)13-9-7(10(15)16)1-2-17-9/h1-5H,(H,13,14)(H,15,16). The number of hydrogen-bond acceptors (Lipinski definition) is 5. The zero-order valence-corrected chi connectivity index (χ0v) is 9.27. The number of carbonyl (C=O) groups is 2. The number of anilines is 1. The molecule has 0 bridgehead atoms. The van der Waals surface area contributed by atoms with Gasteiger partial charge in [0, 0.05) is 12.4 Å². The second kappa shape index (κ2) is 4.71. The Labute approximate surface area is 100.0 Å². The molecule has 86 valence electrons. The number of hydrogen-bond donors (Lipinski definition) is 2. The Balaban J connectivity index is 2.19. The summed E-state index contributed by atoms with van der Waals surface area (Å²) < 4.78 is 0. The average Bonchev–Trinajstić information content (AvgIpc) is 2.78. The molecule has 0 saturated carbocycles. The lowest BCUT2D eigenvalue weighted by molar-refractivity contribution is 0.0698. The molecular formula is C10H7N3O3S. The van der Waals surface area contributed by atoms with E-state index in [1.165, 1.54) is 24.8 Å². The number of carboxylic acids is 1. The minimum absolute atomic E-state index is 0.0696. The molecule has 0 aliphatic heterocycles. The van der Waals surface area contributed by atoms with Crippen LogP contribution < -0.4 is 5.32 Å². The van der Waals surface area contributed by atoms with Crippen LogP contribution in [0.3, 0.4) is 0 Å². The Morgan fingerprint density at radius 3 is 2.65 bits per heavy atom. The lowest BCUT2D eigenvalue weighted by atomic mass is 10.3. The minimum atomic E-state index is -1.08. The fraction of sp³-hybridized carbons (Fsp3) is 0. The monoisotopic (exact) mass is 249 g/mol. The number of aromatic nitrogens is 2. The zero-order chi connectivity index (χ0) is 12.3. The number of carboxylic acid groups (broad SMARTS) is 1. The molecule has 7 heteroatoms. The summed E-state index contributed by atoms with van der Waals surface area (Å²) in [7, 11) is 0. The SMILES string of the molecule is O=C(Nc1sccc1C(=O)O)c1cncnc1. The second-order valence-electron chi connectivity index (χ2n) is 3.05. The maximum absolute atomic E-state index is 11.7. The average molecular weight is 249 g/mol. The summed E-state index contributed by atoms with van der Waals surface area (Å²) in [5.74, 6) is -1.51. The molecule has 1 amide bonds. The van der Waals surface area contributed by atoms with Crippen molar-refractivity contribution in [1.82, 2.24) is 9.97 Å². The molecule has 0 atom stereocenters. The van der Waals surface area contributed by atoms with E-state index < -0.39 is 11.9 Å². The van der Waals surface area contributed by atoms with Crippen LogP contribution in [0.15, 0.2) is 30.2 Å². The van der Waals surface area contributed by atoms with Crippen molar-refractivity contribution >= 4 is 28.2 Å². The van der Waals surface area contributed by atoms with Gasteiger partial charge in [0.2, 0.25) is 0 Å². The van der Waals surface area contributed by atoms with Crippen LogP contribution in [0.2, 0.25) is 0 Å². The van der Waals surface area contributed by atoms with E-state index in [2.05, 4.69) is 15.3 Å². The van der Waals surface area contributed by atoms with Crippen molar-refractivity contribution in [1.29, 1.82) is 0 Å². The molecule has 2 aromatic heterocycles. The van der Waals surface area contributed by atoms with Gasteiger partial charge < -0.3 is 10.4 Å². The van der Waals surface area contributed by atoms with Gasteiger partial charge in [-0.15, -0.1) is 11.3 Å². The quantitative estimate of drug-likeness (QED) is 0.859. The Hall–Kier alpha value is -2.28. The van der Waals surface area contributed by atoms with E-state index in [-0.39, 0.29) is 11.1 Å². The predicted molar refractivity (Wildman–Crippen MR) is 61.3 cm³/mol. The van der Waals surface area contributed by atoms with E-state index >= 15 is 0 Å². The van der Waals surface area contributed by atoms with Gasteiger partial charge in [-0.25, -0.2) is 14.8 Å². The highest BCUT2D eigenvalue weighted by atomic mass is 32.1. The first-order chi connectivity index (χ1) is 8.18. The molecule has 2 N–H and O–H groups in total. The first-order valence-electron chi connectivity index (χ1n) is 4.55. The van der Waals surface area contributed by atoms with E-state index in [0.29, 0.717) is 5.00 Å². The van der Waals surface area contributed by atoms with Crippen molar-refractivity contribution < 1.29 is 14.7 Å². The van der Waals surface area contributed by atoms with E-state index in [1.807, 2.05) is 0 Å². The second-order valence-corrected chi connectivity index (χ2v) is 3.97. The maximum Gasteiger partial charge on any atom is 0.338 e. The lowest BCUT2D eigenvalue weighted by Gasteiger charge is -2.02. The van der Waals surface area contributed by atoms with Crippen LogP contribution in [0.1, 0.15) is 20.7 Å². The van der Waals surface area contributed by atoms with E-state index in [1.54, 1.807) is 5.38 Å². The largest absolute Gasteiger partial charge is 0.478 e. The molecule has 0 fully saturated rings. The fourth-order valence-electron chi connectivity index (χ4n) is 1.17. The van der Waals surface area contributed by atoms with Crippen LogP contribution in [0.5, 0.6) is 0 Å². The van der Waals surface area contributed by atoms with E-state index in [0.717, 1.165) is 11.3 Å². The summed E-state index contributed by atoms with van der Waals surface area (Å²) in [4.78, 5) is 30.0. The molecule has 2 heterocycles. The minimum Gasteiger partial charge on any atom is -0.478 e. The number of thiophene rings is 1. The zero-order valence-electron chi connectivity index (χ0n) is 8.45. The summed E-state index contributed by atoms with van der Waals surface area (Å²) in [5, 5.41) is 13.3. The van der Waals surface area contributed by atoms with Crippen LogP contribution in [-0.2, 0) is 0 Å². The fourth-order valence-corrected chi connectivity index (χ4v) is 1.94. The summed E-state index contributed by atoms with van der Waals surface area (Å²) in [6.07, 6.45) is 4.03. The molecule has 0 spiro atoms. The third kappa shape index (κ3) is 2.45. The van der Waals surface area contributed by atoms with Gasteiger partial charge in [0.25, 0.3) is 5.91 Å². The summed E-state index contributed by atoms with van der Waals surface area (Å²) >= 11 is 1.15. The number of nitrogens with zero attached hydrogens (tertiary/aromatic N) is 2. The van der Waals surface area contributed by atoms with Gasteiger partial charge in [-0.3, -0.25) is 4.79 Å². The van der Waals surface area contributed by atoms with E-state index in [4.69, 9.17) is 5.11 Å². The van der Waals surface area contributed by atoms with E-state index in [9.17, 15) is 9.59 Å². The Morgan fingerprint density at radius 2 is 2.00 bits per heavy atom.